The third kappa shape index (κ3) is 3.50. The number of carbonyl (C=O) groups is 1. The van der Waals surface area contributed by atoms with Crippen LogP contribution in [-0.2, 0) is 14.8 Å². The van der Waals surface area contributed by atoms with Gasteiger partial charge in [0.15, 0.2) is 0 Å². The van der Waals surface area contributed by atoms with Crippen LogP contribution >= 0.6 is 15.9 Å². The summed E-state index contributed by atoms with van der Waals surface area (Å²) in [4.78, 5) is 14.5. The van der Waals surface area contributed by atoms with Crippen LogP contribution in [0.15, 0.2) is 27.8 Å². The molecule has 0 saturated heterocycles. The predicted molar refractivity (Wildman–Crippen MR) is 68.6 cm³/mol. The van der Waals surface area contributed by atoms with E-state index in [-0.39, 0.29) is 4.90 Å². The number of carboxylic acids is 1. The zero-order valence-corrected chi connectivity index (χ0v) is 12.3. The first-order valence-electron chi connectivity index (χ1n) is 5.09. The molecule has 0 aliphatic rings. The number of aliphatic carboxylic acids is 1. The van der Waals surface area contributed by atoms with Gasteiger partial charge < -0.3 is 5.11 Å². The lowest BCUT2D eigenvalue weighted by Crippen LogP contribution is -2.40. The summed E-state index contributed by atoms with van der Waals surface area (Å²) in [6.45, 7) is 2.66. The van der Waals surface area contributed by atoms with Crippen molar-refractivity contribution in [2.75, 3.05) is 6.54 Å². The van der Waals surface area contributed by atoms with E-state index in [4.69, 9.17) is 5.11 Å². The summed E-state index contributed by atoms with van der Waals surface area (Å²) in [6, 6.07) is 0.935. The first-order valence-corrected chi connectivity index (χ1v) is 7.32. The SMILES string of the molecule is CC(C)N(CC(=O)O)S(=O)(=O)c1cncc(Br)c1. The minimum absolute atomic E-state index is 0.0353. The monoisotopic (exact) mass is 336 g/mol. The van der Waals surface area contributed by atoms with Crippen molar-refractivity contribution in [2.45, 2.75) is 24.8 Å². The molecule has 0 spiro atoms. The maximum absolute atomic E-state index is 12.3. The summed E-state index contributed by atoms with van der Waals surface area (Å²) in [5.41, 5.74) is 0. The highest BCUT2D eigenvalue weighted by molar-refractivity contribution is 9.10. The number of halogens is 1. The molecule has 18 heavy (non-hydrogen) atoms. The van der Waals surface area contributed by atoms with Crippen LogP contribution in [0, 0.1) is 0 Å². The number of rotatable bonds is 5. The van der Waals surface area contributed by atoms with E-state index >= 15 is 0 Å². The van der Waals surface area contributed by atoms with Crippen LogP contribution in [0.5, 0.6) is 0 Å². The summed E-state index contributed by atoms with van der Waals surface area (Å²) >= 11 is 3.13. The Morgan fingerprint density at radius 2 is 2.11 bits per heavy atom. The zero-order valence-electron chi connectivity index (χ0n) is 9.87. The molecule has 0 aromatic carbocycles. The molecule has 0 aliphatic carbocycles. The van der Waals surface area contributed by atoms with Gasteiger partial charge in [0, 0.05) is 22.9 Å². The van der Waals surface area contributed by atoms with Crippen LogP contribution in [0.4, 0.5) is 0 Å². The topological polar surface area (TPSA) is 87.6 Å². The van der Waals surface area contributed by atoms with Gasteiger partial charge in [0.1, 0.15) is 11.4 Å². The van der Waals surface area contributed by atoms with E-state index in [1.165, 1.54) is 18.5 Å². The number of nitrogens with zero attached hydrogens (tertiary/aromatic N) is 2. The molecule has 0 unspecified atom stereocenters. The van der Waals surface area contributed by atoms with Gasteiger partial charge in [-0.15, -0.1) is 0 Å². The minimum atomic E-state index is -3.86. The van der Waals surface area contributed by atoms with Gasteiger partial charge in [-0.1, -0.05) is 0 Å². The molecule has 100 valence electrons. The molecule has 0 amide bonds. The molecule has 1 rings (SSSR count). The third-order valence-electron chi connectivity index (χ3n) is 2.15. The number of carboxylic acid groups (broad SMARTS) is 1. The Kier molecular flexibility index (Phi) is 4.83. The molecule has 0 bridgehead atoms. The number of hydrogen-bond donors (Lipinski definition) is 1. The van der Waals surface area contributed by atoms with E-state index in [9.17, 15) is 13.2 Å². The van der Waals surface area contributed by atoms with Crippen LogP contribution in [0.3, 0.4) is 0 Å². The zero-order chi connectivity index (χ0) is 13.9. The Morgan fingerprint density at radius 1 is 1.50 bits per heavy atom. The lowest BCUT2D eigenvalue weighted by Gasteiger charge is -2.23. The number of hydrogen-bond acceptors (Lipinski definition) is 4. The van der Waals surface area contributed by atoms with Crippen molar-refractivity contribution in [3.63, 3.8) is 0 Å². The molecule has 1 heterocycles. The quantitative estimate of drug-likeness (QED) is 0.876. The van der Waals surface area contributed by atoms with Crippen molar-refractivity contribution in [3.05, 3.63) is 22.9 Å². The van der Waals surface area contributed by atoms with E-state index in [0.29, 0.717) is 4.47 Å². The molecule has 0 atom stereocenters. The Balaban J connectivity index is 3.21. The second kappa shape index (κ2) is 5.77. The molecule has 6 nitrogen and oxygen atoms in total. The molecule has 0 aliphatic heterocycles. The minimum Gasteiger partial charge on any atom is -0.480 e. The Labute approximate surface area is 114 Å². The number of pyridine rings is 1. The van der Waals surface area contributed by atoms with Gasteiger partial charge in [-0.2, -0.15) is 4.31 Å². The smallest absolute Gasteiger partial charge is 0.318 e. The maximum atomic E-state index is 12.3. The van der Waals surface area contributed by atoms with Gasteiger partial charge in [-0.3, -0.25) is 9.78 Å². The largest absolute Gasteiger partial charge is 0.480 e. The van der Waals surface area contributed by atoms with Crippen molar-refractivity contribution in [1.82, 2.24) is 9.29 Å². The highest BCUT2D eigenvalue weighted by Crippen LogP contribution is 2.20. The van der Waals surface area contributed by atoms with Gasteiger partial charge >= 0.3 is 5.97 Å². The van der Waals surface area contributed by atoms with E-state index < -0.39 is 28.6 Å². The van der Waals surface area contributed by atoms with Crippen molar-refractivity contribution in [2.24, 2.45) is 0 Å². The summed E-state index contributed by atoms with van der Waals surface area (Å²) < 4.78 is 26.0. The molecule has 1 N–H and O–H groups in total. The molecule has 0 saturated carbocycles. The first-order chi connectivity index (χ1) is 8.25. The van der Waals surface area contributed by atoms with Crippen LogP contribution < -0.4 is 0 Å². The second-order valence-corrected chi connectivity index (χ2v) is 6.68. The highest BCUT2D eigenvalue weighted by atomic mass is 79.9. The summed E-state index contributed by atoms with van der Waals surface area (Å²) in [7, 11) is -3.86. The normalized spacial score (nSPS) is 12.1. The third-order valence-corrected chi connectivity index (χ3v) is 4.57. The lowest BCUT2D eigenvalue weighted by molar-refractivity contribution is -0.137. The average Bonchev–Trinajstić information content (AvgIpc) is 2.25. The molecule has 1 aromatic heterocycles. The Morgan fingerprint density at radius 3 is 2.56 bits per heavy atom. The number of sulfonamides is 1. The van der Waals surface area contributed by atoms with Crippen LogP contribution in [0.1, 0.15) is 13.8 Å². The first kappa shape index (κ1) is 15.1. The fraction of sp³-hybridized carbons (Fsp3) is 0.400. The molecular weight excluding hydrogens is 324 g/mol. The van der Waals surface area contributed by atoms with E-state index in [0.717, 1.165) is 4.31 Å². The maximum Gasteiger partial charge on any atom is 0.318 e. The van der Waals surface area contributed by atoms with E-state index in [2.05, 4.69) is 20.9 Å². The van der Waals surface area contributed by atoms with Crippen LogP contribution in [-0.4, -0.2) is 41.4 Å². The summed E-state index contributed by atoms with van der Waals surface area (Å²) in [5, 5.41) is 8.77. The van der Waals surface area contributed by atoms with E-state index in [1.54, 1.807) is 13.8 Å². The van der Waals surface area contributed by atoms with Gasteiger partial charge in [0.25, 0.3) is 0 Å². The van der Waals surface area contributed by atoms with Gasteiger partial charge in [0.05, 0.1) is 0 Å². The van der Waals surface area contributed by atoms with Crippen LogP contribution in [0.25, 0.3) is 0 Å². The summed E-state index contributed by atoms with van der Waals surface area (Å²) in [6.07, 6.45) is 2.65. The molecule has 1 aromatic rings. The average molecular weight is 337 g/mol. The second-order valence-electron chi connectivity index (χ2n) is 3.88. The predicted octanol–water partition coefficient (Wildman–Crippen LogP) is 1.33. The van der Waals surface area contributed by atoms with Crippen molar-refractivity contribution in [1.29, 1.82) is 0 Å². The molecule has 8 heteroatoms. The standard InChI is InChI=1S/C10H13BrN2O4S/c1-7(2)13(6-10(14)15)18(16,17)9-3-8(11)4-12-5-9/h3-5,7H,6H2,1-2H3,(H,14,15). The van der Waals surface area contributed by atoms with Gasteiger partial charge in [-0.25, -0.2) is 8.42 Å². The van der Waals surface area contributed by atoms with Crippen LogP contribution in [0.2, 0.25) is 0 Å². The molecular formula is C10H13BrN2O4S. The van der Waals surface area contributed by atoms with Gasteiger partial charge in [-0.05, 0) is 35.8 Å². The number of aromatic nitrogens is 1. The molecule has 0 radical (unpaired) electrons. The lowest BCUT2D eigenvalue weighted by atomic mass is 10.4. The van der Waals surface area contributed by atoms with Crippen molar-refractivity contribution in [3.8, 4) is 0 Å². The van der Waals surface area contributed by atoms with E-state index in [1.807, 2.05) is 0 Å². The highest BCUT2D eigenvalue weighted by Gasteiger charge is 2.29. The Hall–Kier alpha value is -0.990. The molecule has 0 fully saturated rings. The van der Waals surface area contributed by atoms with Gasteiger partial charge in [0.2, 0.25) is 10.0 Å². The van der Waals surface area contributed by atoms with Crippen molar-refractivity contribution >= 4 is 31.9 Å². The summed E-state index contributed by atoms with van der Waals surface area (Å²) in [5.74, 6) is -1.20. The Bertz CT molecular complexity index is 545. The fourth-order valence-electron chi connectivity index (χ4n) is 1.35. The fourth-order valence-corrected chi connectivity index (χ4v) is 3.44. The van der Waals surface area contributed by atoms with Crippen molar-refractivity contribution < 1.29 is 18.3 Å².